The molecule has 7 heteroatoms. The van der Waals surface area contributed by atoms with Crippen molar-refractivity contribution >= 4 is 44.7 Å². The van der Waals surface area contributed by atoms with Crippen LogP contribution in [0.1, 0.15) is 23.3 Å². The van der Waals surface area contributed by atoms with E-state index in [1.807, 2.05) is 12.3 Å². The molecular formula is C21H21ClFN3OS. The van der Waals surface area contributed by atoms with Crippen molar-refractivity contribution in [3.05, 3.63) is 57.8 Å². The Kier molecular flexibility index (Phi) is 5.51. The lowest BCUT2D eigenvalue weighted by Gasteiger charge is -2.33. The summed E-state index contributed by atoms with van der Waals surface area (Å²) in [6, 6.07) is 8.43. The van der Waals surface area contributed by atoms with E-state index in [4.69, 9.17) is 11.6 Å². The van der Waals surface area contributed by atoms with E-state index in [1.165, 1.54) is 21.7 Å². The SMILES string of the molecule is Cc1cc2c(N3CCC[C@H](C(=O)NCc4ccc(F)cc4Cl)C3)nccc2s1. The minimum absolute atomic E-state index is 0.00114. The highest BCUT2D eigenvalue weighted by atomic mass is 35.5. The average Bonchev–Trinajstić information content (AvgIpc) is 3.07. The smallest absolute Gasteiger partial charge is 0.225 e. The monoisotopic (exact) mass is 417 g/mol. The van der Waals surface area contributed by atoms with Crippen molar-refractivity contribution in [2.75, 3.05) is 18.0 Å². The van der Waals surface area contributed by atoms with E-state index in [9.17, 15) is 9.18 Å². The number of pyridine rings is 1. The van der Waals surface area contributed by atoms with E-state index < -0.39 is 0 Å². The van der Waals surface area contributed by atoms with Gasteiger partial charge in [0, 0.05) is 45.8 Å². The average molecular weight is 418 g/mol. The Morgan fingerprint density at radius 1 is 1.39 bits per heavy atom. The number of hydrogen-bond donors (Lipinski definition) is 1. The summed E-state index contributed by atoms with van der Waals surface area (Å²) in [4.78, 5) is 20.8. The van der Waals surface area contributed by atoms with Crippen LogP contribution in [0.15, 0.2) is 36.5 Å². The van der Waals surface area contributed by atoms with Gasteiger partial charge in [-0.05, 0) is 49.6 Å². The molecule has 4 rings (SSSR count). The van der Waals surface area contributed by atoms with Crippen LogP contribution >= 0.6 is 22.9 Å². The van der Waals surface area contributed by atoms with Gasteiger partial charge in [0.2, 0.25) is 5.91 Å². The van der Waals surface area contributed by atoms with E-state index >= 15 is 0 Å². The Hall–Kier alpha value is -2.18. The molecule has 1 N–H and O–H groups in total. The minimum atomic E-state index is -0.381. The summed E-state index contributed by atoms with van der Waals surface area (Å²) in [5, 5.41) is 4.44. The van der Waals surface area contributed by atoms with Crippen LogP contribution < -0.4 is 10.2 Å². The number of aryl methyl sites for hydroxylation is 1. The van der Waals surface area contributed by atoms with Crippen LogP contribution in [0.3, 0.4) is 0 Å². The first kappa shape index (κ1) is 19.2. The number of halogens is 2. The number of piperidine rings is 1. The van der Waals surface area contributed by atoms with Gasteiger partial charge in [0.1, 0.15) is 11.6 Å². The lowest BCUT2D eigenvalue weighted by molar-refractivity contribution is -0.125. The zero-order valence-electron chi connectivity index (χ0n) is 15.5. The van der Waals surface area contributed by atoms with Crippen LogP contribution in [0, 0.1) is 18.7 Å². The molecule has 0 radical (unpaired) electrons. The number of rotatable bonds is 4. The van der Waals surface area contributed by atoms with Crippen LogP contribution in [0.4, 0.5) is 10.2 Å². The van der Waals surface area contributed by atoms with Crippen LogP contribution in [-0.2, 0) is 11.3 Å². The number of benzene rings is 1. The molecule has 1 saturated heterocycles. The predicted molar refractivity (Wildman–Crippen MR) is 113 cm³/mol. The van der Waals surface area contributed by atoms with Crippen molar-refractivity contribution in [2.45, 2.75) is 26.3 Å². The van der Waals surface area contributed by atoms with E-state index in [2.05, 4.69) is 28.2 Å². The van der Waals surface area contributed by atoms with Gasteiger partial charge in [-0.15, -0.1) is 11.3 Å². The van der Waals surface area contributed by atoms with Gasteiger partial charge in [-0.3, -0.25) is 4.79 Å². The molecule has 0 aliphatic carbocycles. The first-order valence-corrected chi connectivity index (χ1v) is 10.5. The molecule has 4 nitrogen and oxygen atoms in total. The fraction of sp³-hybridized carbons (Fsp3) is 0.333. The molecule has 1 aliphatic rings. The first-order valence-electron chi connectivity index (χ1n) is 9.33. The summed E-state index contributed by atoms with van der Waals surface area (Å²) in [5.74, 6) is 0.470. The molecule has 0 unspecified atom stereocenters. The number of amides is 1. The lowest BCUT2D eigenvalue weighted by atomic mass is 9.96. The van der Waals surface area contributed by atoms with Gasteiger partial charge < -0.3 is 10.2 Å². The predicted octanol–water partition coefficient (Wildman–Crippen LogP) is 4.93. The molecule has 1 fully saturated rings. The van der Waals surface area contributed by atoms with Crippen LogP contribution in [0.25, 0.3) is 10.1 Å². The number of carbonyl (C=O) groups excluding carboxylic acids is 1. The van der Waals surface area contributed by atoms with E-state index in [1.54, 1.807) is 17.4 Å². The molecule has 3 aromatic rings. The maximum absolute atomic E-state index is 13.2. The highest BCUT2D eigenvalue weighted by Gasteiger charge is 2.27. The van der Waals surface area contributed by atoms with Crippen LogP contribution in [0.2, 0.25) is 5.02 Å². The molecule has 1 aromatic carbocycles. The lowest BCUT2D eigenvalue weighted by Crippen LogP contribution is -2.43. The summed E-state index contributed by atoms with van der Waals surface area (Å²) in [7, 11) is 0. The van der Waals surface area contributed by atoms with Gasteiger partial charge in [-0.1, -0.05) is 17.7 Å². The third kappa shape index (κ3) is 3.98. The van der Waals surface area contributed by atoms with E-state index in [0.717, 1.165) is 30.6 Å². The number of nitrogens with zero attached hydrogens (tertiary/aromatic N) is 2. The molecule has 0 saturated carbocycles. The molecule has 1 aliphatic heterocycles. The van der Waals surface area contributed by atoms with Gasteiger partial charge in [0.05, 0.1) is 5.92 Å². The van der Waals surface area contributed by atoms with Gasteiger partial charge in [-0.25, -0.2) is 9.37 Å². The molecule has 146 valence electrons. The number of thiophene rings is 1. The van der Waals surface area contributed by atoms with E-state index in [0.29, 0.717) is 23.7 Å². The molecule has 2 aromatic heterocycles. The number of hydrogen-bond acceptors (Lipinski definition) is 4. The maximum atomic E-state index is 13.2. The number of anilines is 1. The van der Waals surface area contributed by atoms with Crippen LogP contribution in [-0.4, -0.2) is 24.0 Å². The second-order valence-electron chi connectivity index (χ2n) is 7.14. The van der Waals surface area contributed by atoms with Crippen LogP contribution in [0.5, 0.6) is 0 Å². The second-order valence-corrected chi connectivity index (χ2v) is 8.84. The van der Waals surface area contributed by atoms with E-state index in [-0.39, 0.29) is 17.6 Å². The third-order valence-corrected chi connectivity index (χ3v) is 6.48. The molecule has 0 bridgehead atoms. The van der Waals surface area contributed by atoms with Gasteiger partial charge in [-0.2, -0.15) is 0 Å². The third-order valence-electron chi connectivity index (χ3n) is 5.11. The van der Waals surface area contributed by atoms with Gasteiger partial charge >= 0.3 is 0 Å². The molecular weight excluding hydrogens is 397 g/mol. The summed E-state index contributed by atoms with van der Waals surface area (Å²) in [6.45, 7) is 3.94. The Balaban J connectivity index is 1.45. The first-order chi connectivity index (χ1) is 13.5. The maximum Gasteiger partial charge on any atom is 0.225 e. The highest BCUT2D eigenvalue weighted by Crippen LogP contribution is 2.33. The molecule has 1 atom stereocenters. The summed E-state index contributed by atoms with van der Waals surface area (Å²) < 4.78 is 14.4. The molecule has 3 heterocycles. The fourth-order valence-electron chi connectivity index (χ4n) is 3.70. The largest absolute Gasteiger partial charge is 0.355 e. The number of nitrogens with one attached hydrogen (secondary N) is 1. The fourth-order valence-corrected chi connectivity index (χ4v) is 4.85. The van der Waals surface area contributed by atoms with Crippen molar-refractivity contribution in [2.24, 2.45) is 5.92 Å². The standard InChI is InChI=1S/C21H21ClFN3OS/c1-13-9-17-19(28-13)6-7-24-20(17)26-8-2-3-15(12-26)21(27)25-11-14-4-5-16(23)10-18(14)22/h4-7,9-10,15H,2-3,8,11-12H2,1H3,(H,25,27)/t15-/m0/s1. The Bertz CT molecular complexity index is 1020. The zero-order chi connectivity index (χ0) is 19.7. The van der Waals surface area contributed by atoms with Gasteiger partial charge in [0.25, 0.3) is 0 Å². The van der Waals surface area contributed by atoms with Gasteiger partial charge in [0.15, 0.2) is 0 Å². The molecule has 28 heavy (non-hydrogen) atoms. The molecule has 0 spiro atoms. The summed E-state index contributed by atoms with van der Waals surface area (Å²) in [6.07, 6.45) is 3.63. The topological polar surface area (TPSA) is 45.2 Å². The zero-order valence-corrected chi connectivity index (χ0v) is 17.1. The summed E-state index contributed by atoms with van der Waals surface area (Å²) in [5.41, 5.74) is 0.712. The van der Waals surface area contributed by atoms with Crippen molar-refractivity contribution in [1.82, 2.24) is 10.3 Å². The Morgan fingerprint density at radius 2 is 2.25 bits per heavy atom. The number of fused-ring (bicyclic) bond motifs is 1. The Morgan fingerprint density at radius 3 is 3.07 bits per heavy atom. The van der Waals surface area contributed by atoms with Crippen molar-refractivity contribution in [3.63, 3.8) is 0 Å². The quantitative estimate of drug-likeness (QED) is 0.654. The Labute approximate surface area is 172 Å². The van der Waals surface area contributed by atoms with Crippen molar-refractivity contribution in [1.29, 1.82) is 0 Å². The highest BCUT2D eigenvalue weighted by molar-refractivity contribution is 7.19. The second kappa shape index (κ2) is 8.05. The normalized spacial score (nSPS) is 17.1. The van der Waals surface area contributed by atoms with Crippen molar-refractivity contribution in [3.8, 4) is 0 Å². The number of aromatic nitrogens is 1. The van der Waals surface area contributed by atoms with Crippen molar-refractivity contribution < 1.29 is 9.18 Å². The number of carbonyl (C=O) groups is 1. The molecule has 1 amide bonds. The minimum Gasteiger partial charge on any atom is -0.355 e. The summed E-state index contributed by atoms with van der Waals surface area (Å²) >= 11 is 7.81.